The van der Waals surface area contributed by atoms with Crippen molar-refractivity contribution in [2.45, 2.75) is 26.2 Å². The molecule has 0 aliphatic carbocycles. The van der Waals surface area contributed by atoms with Gasteiger partial charge in [0.2, 0.25) is 0 Å². The van der Waals surface area contributed by atoms with Crippen molar-refractivity contribution in [3.8, 4) is 34.3 Å². The van der Waals surface area contributed by atoms with Crippen molar-refractivity contribution >= 4 is 28.0 Å². The summed E-state index contributed by atoms with van der Waals surface area (Å²) in [7, 11) is 0. The van der Waals surface area contributed by atoms with Crippen LogP contribution in [-0.4, -0.2) is 31.3 Å². The number of carbonyl (C=O) groups is 1. The Kier molecular flexibility index (Phi) is 4.97. The van der Waals surface area contributed by atoms with Crippen LogP contribution < -0.4 is 4.74 Å². The maximum atomic E-state index is 10.9. The Balaban J connectivity index is 1.56. The number of aromatic hydroxyl groups is 1. The van der Waals surface area contributed by atoms with Gasteiger partial charge in [0, 0.05) is 11.6 Å². The summed E-state index contributed by atoms with van der Waals surface area (Å²) in [5, 5.41) is 20.5. The summed E-state index contributed by atoms with van der Waals surface area (Å²) in [5.41, 5.74) is 5.15. The quantitative estimate of drug-likeness (QED) is 0.212. The molecule has 0 bridgehead atoms. The molecular weight excluding hydrogens is 430 g/mol. The third kappa shape index (κ3) is 3.92. The molecular formula is C27H23N3O4. The van der Waals surface area contributed by atoms with Crippen molar-refractivity contribution in [1.29, 1.82) is 0 Å². The first kappa shape index (κ1) is 21.5. The zero-order chi connectivity index (χ0) is 24.0. The molecule has 5 aromatic rings. The summed E-state index contributed by atoms with van der Waals surface area (Å²) in [6.07, 6.45) is -1.44. The number of imidazole rings is 1. The fourth-order valence-electron chi connectivity index (χ4n) is 4.03. The highest BCUT2D eigenvalue weighted by molar-refractivity contribution is 6.08. The zero-order valence-electron chi connectivity index (χ0n) is 19.0. The summed E-state index contributed by atoms with van der Waals surface area (Å²) in [5.74, 6) is 0.499. The molecule has 0 spiro atoms. The number of carboxylic acid groups (broad SMARTS) is 1. The van der Waals surface area contributed by atoms with Gasteiger partial charge in [-0.15, -0.1) is 0 Å². The summed E-state index contributed by atoms with van der Waals surface area (Å²) in [6.45, 7) is 6.55. The summed E-state index contributed by atoms with van der Waals surface area (Å²) < 4.78 is 4.69. The number of nitrogens with zero attached hydrogens (tertiary/aromatic N) is 2. The first-order valence-electron chi connectivity index (χ1n) is 10.8. The third-order valence-electron chi connectivity index (χ3n) is 5.76. The molecule has 0 aliphatic rings. The second-order valence-electron chi connectivity index (χ2n) is 9.19. The van der Waals surface area contributed by atoms with E-state index in [1.807, 2.05) is 24.3 Å². The van der Waals surface area contributed by atoms with Crippen LogP contribution in [0.3, 0.4) is 0 Å². The van der Waals surface area contributed by atoms with Crippen molar-refractivity contribution in [2.24, 2.45) is 0 Å². The number of benzene rings is 3. The number of phenols is 1. The van der Waals surface area contributed by atoms with E-state index in [4.69, 9.17) is 15.1 Å². The van der Waals surface area contributed by atoms with E-state index in [1.54, 1.807) is 12.1 Å². The maximum Gasteiger partial charge on any atom is 0.511 e. The van der Waals surface area contributed by atoms with Gasteiger partial charge in [-0.1, -0.05) is 57.2 Å². The second-order valence-corrected chi connectivity index (χ2v) is 9.19. The summed E-state index contributed by atoms with van der Waals surface area (Å²) in [4.78, 5) is 23.6. The van der Waals surface area contributed by atoms with Gasteiger partial charge in [-0.25, -0.2) is 14.8 Å². The van der Waals surface area contributed by atoms with Gasteiger partial charge in [-0.05, 0) is 40.6 Å². The van der Waals surface area contributed by atoms with Crippen LogP contribution in [0.1, 0.15) is 26.3 Å². The molecule has 3 N–H and O–H groups in total. The van der Waals surface area contributed by atoms with Crippen LogP contribution in [-0.2, 0) is 5.41 Å². The summed E-state index contributed by atoms with van der Waals surface area (Å²) in [6, 6.07) is 20.6. The average Bonchev–Trinajstić information content (AvgIpc) is 3.22. The molecule has 7 nitrogen and oxygen atoms in total. The number of aromatic nitrogens is 3. The number of hydrogen-bond acceptors (Lipinski definition) is 5. The third-order valence-corrected chi connectivity index (χ3v) is 5.76. The number of fused-ring (bicyclic) bond motifs is 3. The highest BCUT2D eigenvalue weighted by atomic mass is 16.7. The molecule has 170 valence electrons. The number of phenolic OH excluding ortho intramolecular Hbond substituents is 1. The van der Waals surface area contributed by atoms with E-state index in [0.29, 0.717) is 27.8 Å². The Morgan fingerprint density at radius 2 is 1.68 bits per heavy atom. The van der Waals surface area contributed by atoms with Crippen LogP contribution >= 0.6 is 0 Å². The monoisotopic (exact) mass is 453 g/mol. The number of pyridine rings is 1. The first-order valence-corrected chi connectivity index (χ1v) is 10.8. The van der Waals surface area contributed by atoms with Crippen molar-refractivity contribution in [2.75, 3.05) is 0 Å². The molecule has 0 amide bonds. The van der Waals surface area contributed by atoms with E-state index in [0.717, 1.165) is 16.8 Å². The fraction of sp³-hybridized carbons (Fsp3) is 0.148. The van der Waals surface area contributed by atoms with Crippen LogP contribution in [0.4, 0.5) is 4.79 Å². The Labute approximate surface area is 195 Å². The van der Waals surface area contributed by atoms with Gasteiger partial charge < -0.3 is 19.9 Å². The second kappa shape index (κ2) is 7.88. The van der Waals surface area contributed by atoms with Gasteiger partial charge in [-0.3, -0.25) is 0 Å². The summed E-state index contributed by atoms with van der Waals surface area (Å²) >= 11 is 0. The van der Waals surface area contributed by atoms with Crippen LogP contribution in [0.2, 0.25) is 0 Å². The number of aromatic amines is 1. The van der Waals surface area contributed by atoms with Crippen LogP contribution in [0.25, 0.3) is 44.6 Å². The van der Waals surface area contributed by atoms with E-state index in [2.05, 4.69) is 54.8 Å². The Morgan fingerprint density at radius 1 is 0.941 bits per heavy atom. The molecule has 0 radical (unpaired) electrons. The normalized spacial score (nSPS) is 11.7. The Hall–Kier alpha value is -4.39. The van der Waals surface area contributed by atoms with Crippen molar-refractivity contribution in [3.63, 3.8) is 0 Å². The van der Waals surface area contributed by atoms with Gasteiger partial charge in [0.1, 0.15) is 22.7 Å². The Bertz CT molecular complexity index is 1550. The van der Waals surface area contributed by atoms with Gasteiger partial charge in [0.25, 0.3) is 0 Å². The molecule has 7 heteroatoms. The molecule has 0 saturated carbocycles. The average molecular weight is 453 g/mol. The maximum absolute atomic E-state index is 10.9. The van der Waals surface area contributed by atoms with Gasteiger partial charge >= 0.3 is 6.16 Å². The van der Waals surface area contributed by atoms with Crippen LogP contribution in [0.15, 0.2) is 66.7 Å². The number of rotatable bonds is 3. The Morgan fingerprint density at radius 3 is 2.38 bits per heavy atom. The molecule has 0 saturated heterocycles. The predicted octanol–water partition coefficient (Wildman–Crippen LogP) is 6.51. The van der Waals surface area contributed by atoms with E-state index < -0.39 is 6.16 Å². The molecule has 5 rings (SSSR count). The number of ether oxygens (including phenoxy) is 1. The highest BCUT2D eigenvalue weighted by Gasteiger charge is 2.16. The number of nitrogens with one attached hydrogen (secondary N) is 1. The minimum absolute atomic E-state index is 0.0412. The first-order chi connectivity index (χ1) is 16.2. The van der Waals surface area contributed by atoms with Gasteiger partial charge in [0.15, 0.2) is 5.82 Å². The molecule has 0 unspecified atom stereocenters. The van der Waals surface area contributed by atoms with Gasteiger partial charge in [-0.2, -0.15) is 0 Å². The zero-order valence-corrected chi connectivity index (χ0v) is 19.0. The lowest BCUT2D eigenvalue weighted by molar-refractivity contribution is 0.144. The number of hydrogen-bond donors (Lipinski definition) is 3. The molecule has 3 aromatic carbocycles. The van der Waals surface area contributed by atoms with E-state index in [1.165, 1.54) is 11.6 Å². The van der Waals surface area contributed by atoms with Gasteiger partial charge in [0.05, 0.1) is 16.6 Å². The van der Waals surface area contributed by atoms with E-state index >= 15 is 0 Å². The lowest BCUT2D eigenvalue weighted by atomic mass is 9.86. The molecule has 2 aromatic heterocycles. The minimum Gasteiger partial charge on any atom is -0.507 e. The standard InChI is InChI=1S/C27H23N3O4/c1-27(2,3)17-10-7-15(8-11-17)19-5-4-6-21(28-19)25-29-20-12-9-16-13-18(34-26(32)33)14-22(31)23(16)24(20)30-25/h4-14,31H,1-3H3,(H,29,30)(H,32,33). The molecule has 0 aliphatic heterocycles. The molecule has 0 atom stereocenters. The lowest BCUT2D eigenvalue weighted by Crippen LogP contribution is -2.10. The number of H-pyrrole nitrogens is 1. The minimum atomic E-state index is -1.44. The van der Waals surface area contributed by atoms with Crippen molar-refractivity contribution in [1.82, 2.24) is 15.0 Å². The molecule has 34 heavy (non-hydrogen) atoms. The van der Waals surface area contributed by atoms with Crippen molar-refractivity contribution in [3.05, 3.63) is 72.3 Å². The highest BCUT2D eigenvalue weighted by Crippen LogP contribution is 2.36. The van der Waals surface area contributed by atoms with Crippen LogP contribution in [0, 0.1) is 0 Å². The van der Waals surface area contributed by atoms with Crippen molar-refractivity contribution < 1.29 is 19.7 Å². The van der Waals surface area contributed by atoms with Crippen LogP contribution in [0.5, 0.6) is 11.5 Å². The molecule has 2 heterocycles. The SMILES string of the molecule is CC(C)(C)c1ccc(-c2cccc(-c3nc4c(ccc5cc(OC(=O)O)cc(O)c54)[nH]3)n2)cc1. The topological polar surface area (TPSA) is 108 Å². The smallest absolute Gasteiger partial charge is 0.507 e. The van der Waals surface area contributed by atoms with E-state index in [9.17, 15) is 9.90 Å². The fourth-order valence-corrected chi connectivity index (χ4v) is 4.03. The molecule has 0 fully saturated rings. The largest absolute Gasteiger partial charge is 0.511 e. The lowest BCUT2D eigenvalue weighted by Gasteiger charge is -2.19. The predicted molar refractivity (Wildman–Crippen MR) is 131 cm³/mol. The van der Waals surface area contributed by atoms with E-state index in [-0.39, 0.29) is 16.9 Å².